The molecule has 17 heavy (non-hydrogen) atoms. The maximum atomic E-state index is 11.6. The number of phenols is 1. The van der Waals surface area contributed by atoms with E-state index in [4.69, 9.17) is 0 Å². The molecule has 0 bridgehead atoms. The zero-order valence-corrected chi connectivity index (χ0v) is 11.0. The zero-order chi connectivity index (χ0) is 12.0. The van der Waals surface area contributed by atoms with Crippen LogP contribution < -0.4 is 5.32 Å². The number of carbonyl (C=O) groups is 1. The summed E-state index contributed by atoms with van der Waals surface area (Å²) in [7, 11) is 0. The van der Waals surface area contributed by atoms with Gasteiger partial charge in [-0.05, 0) is 25.2 Å². The van der Waals surface area contributed by atoms with Gasteiger partial charge in [-0.15, -0.1) is 12.4 Å². The van der Waals surface area contributed by atoms with Gasteiger partial charge in [0, 0.05) is 0 Å². The first-order chi connectivity index (χ1) is 7.67. The molecule has 0 radical (unpaired) electrons. The molecule has 0 unspecified atom stereocenters. The van der Waals surface area contributed by atoms with Gasteiger partial charge in [0.25, 0.3) is 0 Å². The fraction of sp³-hybridized carbons (Fsp3) is 0.417. The van der Waals surface area contributed by atoms with Crippen LogP contribution in [0.4, 0.5) is 5.69 Å². The lowest BCUT2D eigenvalue weighted by Crippen LogP contribution is -2.32. The first-order valence-corrected chi connectivity index (χ1v) is 5.47. The third-order valence-electron chi connectivity index (χ3n) is 2.44. The maximum Gasteiger partial charge on any atom is 0.238 e. The summed E-state index contributed by atoms with van der Waals surface area (Å²) in [6.07, 6.45) is 0. The highest BCUT2D eigenvalue weighted by Gasteiger charge is 2.08. The molecule has 2 N–H and O–H groups in total. The SMILES string of the molecule is CCN(CC)CC(=O)Nc1ccccc1O.Cl. The normalized spacial score (nSPS) is 9.82. The molecule has 1 rings (SSSR count). The zero-order valence-electron chi connectivity index (χ0n) is 10.1. The minimum Gasteiger partial charge on any atom is -0.506 e. The lowest BCUT2D eigenvalue weighted by molar-refractivity contribution is -0.117. The highest BCUT2D eigenvalue weighted by Crippen LogP contribution is 2.21. The second-order valence-electron chi connectivity index (χ2n) is 3.53. The summed E-state index contributed by atoms with van der Waals surface area (Å²) in [6, 6.07) is 6.71. The largest absolute Gasteiger partial charge is 0.506 e. The van der Waals surface area contributed by atoms with Gasteiger partial charge in [0.05, 0.1) is 12.2 Å². The van der Waals surface area contributed by atoms with Crippen molar-refractivity contribution in [2.45, 2.75) is 13.8 Å². The number of amides is 1. The highest BCUT2D eigenvalue weighted by atomic mass is 35.5. The number of halogens is 1. The molecule has 0 spiro atoms. The lowest BCUT2D eigenvalue weighted by Gasteiger charge is -2.17. The standard InChI is InChI=1S/C12H18N2O2.ClH/c1-3-14(4-2)9-12(16)13-10-7-5-6-8-11(10)15;/h5-8,15H,3-4,9H2,1-2H3,(H,13,16);1H. The van der Waals surface area contributed by atoms with E-state index < -0.39 is 0 Å². The summed E-state index contributed by atoms with van der Waals surface area (Å²) in [5, 5.41) is 12.2. The van der Waals surface area contributed by atoms with Crippen LogP contribution in [0.15, 0.2) is 24.3 Å². The second-order valence-corrected chi connectivity index (χ2v) is 3.53. The fourth-order valence-electron chi connectivity index (χ4n) is 1.42. The number of anilines is 1. The summed E-state index contributed by atoms with van der Waals surface area (Å²) in [4.78, 5) is 13.6. The van der Waals surface area contributed by atoms with E-state index in [0.29, 0.717) is 12.2 Å². The number of hydrogen-bond donors (Lipinski definition) is 2. The molecule has 0 aliphatic rings. The molecule has 0 saturated heterocycles. The lowest BCUT2D eigenvalue weighted by atomic mass is 10.3. The van der Waals surface area contributed by atoms with E-state index in [1.54, 1.807) is 24.3 Å². The number of likely N-dealkylation sites (N-methyl/N-ethyl adjacent to an activating group) is 1. The van der Waals surface area contributed by atoms with Crippen molar-refractivity contribution in [2.75, 3.05) is 25.0 Å². The summed E-state index contributed by atoms with van der Waals surface area (Å²) in [5.74, 6) is -0.0133. The molecule has 1 amide bonds. The molecule has 0 atom stereocenters. The molecule has 0 saturated carbocycles. The van der Waals surface area contributed by atoms with Crippen molar-refractivity contribution in [3.05, 3.63) is 24.3 Å². The van der Waals surface area contributed by atoms with Gasteiger partial charge in [0.2, 0.25) is 5.91 Å². The molecule has 0 aliphatic carbocycles. The Labute approximate surface area is 108 Å². The summed E-state index contributed by atoms with van der Waals surface area (Å²) < 4.78 is 0. The van der Waals surface area contributed by atoms with Crippen LogP contribution in [0.1, 0.15) is 13.8 Å². The summed E-state index contributed by atoms with van der Waals surface area (Å²) in [5.41, 5.74) is 0.458. The molecule has 0 fully saturated rings. The average molecular weight is 259 g/mol. The van der Waals surface area contributed by atoms with Crippen molar-refractivity contribution >= 4 is 24.0 Å². The molecule has 0 aromatic heterocycles. The van der Waals surface area contributed by atoms with Gasteiger partial charge in [0.1, 0.15) is 5.75 Å². The molecular formula is C12H19ClN2O2. The topological polar surface area (TPSA) is 52.6 Å². The summed E-state index contributed by atoms with van der Waals surface area (Å²) >= 11 is 0. The Kier molecular flexibility index (Phi) is 7.34. The molecule has 0 heterocycles. The van der Waals surface area contributed by atoms with E-state index >= 15 is 0 Å². The van der Waals surface area contributed by atoms with E-state index in [2.05, 4.69) is 5.32 Å². The van der Waals surface area contributed by atoms with E-state index in [1.165, 1.54) is 0 Å². The average Bonchev–Trinajstić information content (AvgIpc) is 2.29. The smallest absolute Gasteiger partial charge is 0.238 e. The van der Waals surface area contributed by atoms with Crippen LogP contribution in [0.2, 0.25) is 0 Å². The van der Waals surface area contributed by atoms with Gasteiger partial charge in [-0.2, -0.15) is 0 Å². The Hall–Kier alpha value is -1.26. The van der Waals surface area contributed by atoms with Crippen molar-refractivity contribution in [1.82, 2.24) is 4.90 Å². The van der Waals surface area contributed by atoms with Crippen LogP contribution >= 0.6 is 12.4 Å². The van der Waals surface area contributed by atoms with Crippen molar-refractivity contribution in [3.63, 3.8) is 0 Å². The van der Waals surface area contributed by atoms with Crippen molar-refractivity contribution in [1.29, 1.82) is 0 Å². The third kappa shape index (κ3) is 5.06. The predicted octanol–water partition coefficient (Wildman–Crippen LogP) is 2.09. The number of benzene rings is 1. The monoisotopic (exact) mass is 258 g/mol. The number of phenolic OH excluding ortho intramolecular Hbond substituents is 1. The number of para-hydroxylation sites is 2. The van der Waals surface area contributed by atoms with E-state index in [9.17, 15) is 9.90 Å². The molecule has 0 aliphatic heterocycles. The molecule has 96 valence electrons. The fourth-order valence-corrected chi connectivity index (χ4v) is 1.42. The molecule has 1 aromatic carbocycles. The maximum absolute atomic E-state index is 11.6. The third-order valence-corrected chi connectivity index (χ3v) is 2.44. The number of hydrogen-bond acceptors (Lipinski definition) is 3. The van der Waals surface area contributed by atoms with Gasteiger partial charge in [-0.25, -0.2) is 0 Å². The van der Waals surface area contributed by atoms with Gasteiger partial charge in [-0.3, -0.25) is 9.69 Å². The number of aromatic hydroxyl groups is 1. The highest BCUT2D eigenvalue weighted by molar-refractivity contribution is 5.93. The molecular weight excluding hydrogens is 240 g/mol. The van der Waals surface area contributed by atoms with Crippen LogP contribution in [0.3, 0.4) is 0 Å². The number of carbonyl (C=O) groups excluding carboxylic acids is 1. The van der Waals surface area contributed by atoms with Gasteiger partial charge < -0.3 is 10.4 Å². The van der Waals surface area contributed by atoms with Crippen molar-refractivity contribution < 1.29 is 9.90 Å². The predicted molar refractivity (Wildman–Crippen MR) is 71.8 cm³/mol. The van der Waals surface area contributed by atoms with Crippen molar-refractivity contribution in [3.8, 4) is 5.75 Å². The van der Waals surface area contributed by atoms with Crippen LogP contribution in [-0.4, -0.2) is 35.5 Å². The quantitative estimate of drug-likeness (QED) is 0.796. The van der Waals surface area contributed by atoms with Crippen LogP contribution in [0.25, 0.3) is 0 Å². The van der Waals surface area contributed by atoms with Crippen LogP contribution in [0.5, 0.6) is 5.75 Å². The Morgan fingerprint density at radius 1 is 1.29 bits per heavy atom. The van der Waals surface area contributed by atoms with Gasteiger partial charge in [0.15, 0.2) is 0 Å². The minimum absolute atomic E-state index is 0. The minimum atomic E-state index is -0.106. The van der Waals surface area contributed by atoms with Crippen molar-refractivity contribution in [2.24, 2.45) is 0 Å². The molecule has 4 nitrogen and oxygen atoms in total. The van der Waals surface area contributed by atoms with Crippen LogP contribution in [0, 0.1) is 0 Å². The number of nitrogens with one attached hydrogen (secondary N) is 1. The Balaban J connectivity index is 0.00000256. The summed E-state index contributed by atoms with van der Waals surface area (Å²) in [6.45, 7) is 6.05. The molecule has 1 aromatic rings. The van der Waals surface area contributed by atoms with Gasteiger partial charge >= 0.3 is 0 Å². The Morgan fingerprint density at radius 2 is 1.88 bits per heavy atom. The number of rotatable bonds is 5. The first kappa shape index (κ1) is 15.7. The van der Waals surface area contributed by atoms with E-state index in [-0.39, 0.29) is 24.1 Å². The second kappa shape index (κ2) is 7.92. The van der Waals surface area contributed by atoms with E-state index in [0.717, 1.165) is 13.1 Å². The van der Waals surface area contributed by atoms with Crippen LogP contribution in [-0.2, 0) is 4.79 Å². The Bertz CT molecular complexity index is 354. The Morgan fingerprint density at radius 3 is 2.41 bits per heavy atom. The number of nitrogens with zero attached hydrogens (tertiary/aromatic N) is 1. The first-order valence-electron chi connectivity index (χ1n) is 5.47. The molecule has 5 heteroatoms. The van der Waals surface area contributed by atoms with Gasteiger partial charge in [-0.1, -0.05) is 26.0 Å². The van der Waals surface area contributed by atoms with E-state index in [1.807, 2.05) is 18.7 Å².